The van der Waals surface area contributed by atoms with Crippen LogP contribution in [0.15, 0.2) is 18.2 Å². The number of alkyl halides is 1. The summed E-state index contributed by atoms with van der Waals surface area (Å²) in [6.45, 7) is 0.358. The average molecular weight is 234 g/mol. The number of halogens is 3. The summed E-state index contributed by atoms with van der Waals surface area (Å²) in [5.74, 6) is -2.13. The zero-order valence-corrected chi connectivity index (χ0v) is 8.65. The molecule has 0 aliphatic rings. The number of carbonyl (C=O) groups is 1. The Hall–Kier alpha value is -1.16. The molecule has 0 saturated carbocycles. The maximum atomic E-state index is 12.7. The fourth-order valence-corrected chi connectivity index (χ4v) is 1.18. The van der Waals surface area contributed by atoms with E-state index in [0.29, 0.717) is 18.5 Å². The molecule has 1 N–H and O–H groups in total. The molecule has 0 fully saturated rings. The van der Waals surface area contributed by atoms with Crippen LogP contribution in [0.1, 0.15) is 5.56 Å². The van der Waals surface area contributed by atoms with Gasteiger partial charge in [0.1, 0.15) is 5.88 Å². The third-order valence-corrected chi connectivity index (χ3v) is 2.08. The first-order valence-corrected chi connectivity index (χ1v) is 4.93. The second kappa shape index (κ2) is 5.66. The van der Waals surface area contributed by atoms with Gasteiger partial charge in [0.15, 0.2) is 11.6 Å². The molecule has 0 aliphatic carbocycles. The molecule has 1 amide bonds. The van der Waals surface area contributed by atoms with Crippen molar-refractivity contribution in [2.24, 2.45) is 0 Å². The molecule has 0 aromatic heterocycles. The molecule has 1 rings (SSSR count). The number of rotatable bonds is 4. The topological polar surface area (TPSA) is 29.1 Å². The Kier molecular flexibility index (Phi) is 4.49. The van der Waals surface area contributed by atoms with Gasteiger partial charge in [0.05, 0.1) is 0 Å². The van der Waals surface area contributed by atoms with Crippen LogP contribution in [-0.4, -0.2) is 18.3 Å². The minimum atomic E-state index is -0.879. The summed E-state index contributed by atoms with van der Waals surface area (Å²) in [7, 11) is 0. The van der Waals surface area contributed by atoms with E-state index in [0.717, 1.165) is 12.1 Å². The zero-order chi connectivity index (χ0) is 11.3. The molecule has 1 aromatic carbocycles. The van der Waals surface area contributed by atoms with E-state index in [1.807, 2.05) is 0 Å². The standard InChI is InChI=1S/C10H10ClF2NO/c11-6-10(15)14-4-3-7-1-2-8(12)9(13)5-7/h1-2,5H,3-4,6H2,(H,14,15). The molecule has 0 heterocycles. The molecule has 15 heavy (non-hydrogen) atoms. The summed E-state index contributed by atoms with van der Waals surface area (Å²) in [5.41, 5.74) is 0.628. The molecule has 0 unspecified atom stereocenters. The summed E-state index contributed by atoms with van der Waals surface area (Å²) in [6, 6.07) is 3.65. The minimum Gasteiger partial charge on any atom is -0.355 e. The normalized spacial score (nSPS) is 10.1. The second-order valence-electron chi connectivity index (χ2n) is 2.98. The minimum absolute atomic E-state index is 0.0994. The molecule has 0 spiro atoms. The van der Waals surface area contributed by atoms with Crippen LogP contribution in [0.3, 0.4) is 0 Å². The summed E-state index contributed by atoms with van der Waals surface area (Å²) in [4.78, 5) is 10.7. The van der Waals surface area contributed by atoms with Crippen LogP contribution in [0.4, 0.5) is 8.78 Å². The van der Waals surface area contributed by atoms with Crippen molar-refractivity contribution in [1.29, 1.82) is 0 Å². The molecule has 2 nitrogen and oxygen atoms in total. The largest absolute Gasteiger partial charge is 0.355 e. The molecule has 1 aromatic rings. The van der Waals surface area contributed by atoms with E-state index < -0.39 is 11.6 Å². The number of nitrogens with one attached hydrogen (secondary N) is 1. The molecular formula is C10H10ClF2NO. The summed E-state index contributed by atoms with van der Waals surface area (Å²) < 4.78 is 25.3. The van der Waals surface area contributed by atoms with Gasteiger partial charge in [-0.05, 0) is 24.1 Å². The Morgan fingerprint density at radius 3 is 2.67 bits per heavy atom. The Morgan fingerprint density at radius 1 is 1.33 bits per heavy atom. The van der Waals surface area contributed by atoms with Gasteiger partial charge < -0.3 is 5.32 Å². The monoisotopic (exact) mass is 233 g/mol. The highest BCUT2D eigenvalue weighted by atomic mass is 35.5. The Morgan fingerprint density at radius 2 is 2.07 bits per heavy atom. The van der Waals surface area contributed by atoms with Gasteiger partial charge in [0.2, 0.25) is 5.91 Å². The van der Waals surface area contributed by atoms with Crippen LogP contribution >= 0.6 is 11.6 Å². The lowest BCUT2D eigenvalue weighted by atomic mass is 10.1. The molecule has 0 saturated heterocycles. The Bertz CT molecular complexity index is 357. The molecule has 0 aliphatic heterocycles. The van der Waals surface area contributed by atoms with Crippen molar-refractivity contribution in [3.8, 4) is 0 Å². The van der Waals surface area contributed by atoms with E-state index in [1.54, 1.807) is 0 Å². The van der Waals surface area contributed by atoms with Crippen LogP contribution in [0.5, 0.6) is 0 Å². The number of amides is 1. The van der Waals surface area contributed by atoms with Crippen LogP contribution < -0.4 is 5.32 Å². The molecule has 0 bridgehead atoms. The van der Waals surface area contributed by atoms with Gasteiger partial charge in [0, 0.05) is 6.54 Å². The first-order valence-electron chi connectivity index (χ1n) is 4.40. The fourth-order valence-electron chi connectivity index (χ4n) is 1.09. The molecule has 5 heteroatoms. The van der Waals surface area contributed by atoms with Gasteiger partial charge >= 0.3 is 0 Å². The lowest BCUT2D eigenvalue weighted by Crippen LogP contribution is -2.26. The van der Waals surface area contributed by atoms with Crippen molar-refractivity contribution in [2.45, 2.75) is 6.42 Å². The molecule has 0 atom stereocenters. The Balaban J connectivity index is 2.44. The summed E-state index contributed by atoms with van der Waals surface area (Å²) in [5, 5.41) is 2.53. The lowest BCUT2D eigenvalue weighted by Gasteiger charge is -2.03. The predicted molar refractivity (Wildman–Crippen MR) is 53.8 cm³/mol. The van der Waals surface area contributed by atoms with Gasteiger partial charge in [-0.25, -0.2) is 8.78 Å². The second-order valence-corrected chi connectivity index (χ2v) is 3.25. The van der Waals surface area contributed by atoms with E-state index in [4.69, 9.17) is 11.6 Å². The highest BCUT2D eigenvalue weighted by molar-refractivity contribution is 6.27. The average Bonchev–Trinajstić information content (AvgIpc) is 2.23. The SMILES string of the molecule is O=C(CCl)NCCc1ccc(F)c(F)c1. The van der Waals surface area contributed by atoms with Crippen LogP contribution in [0.25, 0.3) is 0 Å². The van der Waals surface area contributed by atoms with E-state index >= 15 is 0 Å². The fraction of sp³-hybridized carbons (Fsp3) is 0.300. The van der Waals surface area contributed by atoms with Gasteiger partial charge in [-0.15, -0.1) is 11.6 Å². The van der Waals surface area contributed by atoms with Gasteiger partial charge in [-0.3, -0.25) is 4.79 Å². The maximum Gasteiger partial charge on any atom is 0.234 e. The third-order valence-electron chi connectivity index (χ3n) is 1.84. The quantitative estimate of drug-likeness (QED) is 0.791. The van der Waals surface area contributed by atoms with Crippen molar-refractivity contribution in [3.63, 3.8) is 0 Å². The van der Waals surface area contributed by atoms with Crippen molar-refractivity contribution >= 4 is 17.5 Å². The van der Waals surface area contributed by atoms with Gasteiger partial charge in [-0.1, -0.05) is 6.07 Å². The smallest absolute Gasteiger partial charge is 0.234 e. The highest BCUT2D eigenvalue weighted by Gasteiger charge is 2.03. The first kappa shape index (κ1) is 11.9. The van der Waals surface area contributed by atoms with Crippen molar-refractivity contribution in [2.75, 3.05) is 12.4 Å². The van der Waals surface area contributed by atoms with Crippen molar-refractivity contribution in [1.82, 2.24) is 5.32 Å². The summed E-state index contributed by atoms with van der Waals surface area (Å²) in [6.07, 6.45) is 0.444. The van der Waals surface area contributed by atoms with E-state index in [9.17, 15) is 13.6 Å². The molecular weight excluding hydrogens is 224 g/mol. The molecule has 82 valence electrons. The van der Waals surface area contributed by atoms with Crippen molar-refractivity contribution in [3.05, 3.63) is 35.4 Å². The van der Waals surface area contributed by atoms with E-state index in [2.05, 4.69) is 5.32 Å². The highest BCUT2D eigenvalue weighted by Crippen LogP contribution is 2.08. The zero-order valence-electron chi connectivity index (χ0n) is 7.90. The number of hydrogen-bond acceptors (Lipinski definition) is 1. The van der Waals surface area contributed by atoms with Crippen LogP contribution in [0.2, 0.25) is 0 Å². The maximum absolute atomic E-state index is 12.7. The number of benzene rings is 1. The third kappa shape index (κ3) is 3.83. The number of carbonyl (C=O) groups excluding carboxylic acids is 1. The van der Waals surface area contributed by atoms with Crippen LogP contribution in [0, 0.1) is 11.6 Å². The van der Waals surface area contributed by atoms with Gasteiger partial charge in [0.25, 0.3) is 0 Å². The molecule has 0 radical (unpaired) electrons. The van der Waals surface area contributed by atoms with E-state index in [1.165, 1.54) is 6.07 Å². The number of hydrogen-bond donors (Lipinski definition) is 1. The summed E-state index contributed by atoms with van der Waals surface area (Å²) >= 11 is 5.26. The predicted octanol–water partition coefficient (Wildman–Crippen LogP) is 1.86. The van der Waals surface area contributed by atoms with E-state index in [-0.39, 0.29) is 11.8 Å². The van der Waals surface area contributed by atoms with Crippen LogP contribution in [-0.2, 0) is 11.2 Å². The van der Waals surface area contributed by atoms with Gasteiger partial charge in [-0.2, -0.15) is 0 Å². The Labute approximate surface area is 91.2 Å². The van der Waals surface area contributed by atoms with Crippen molar-refractivity contribution < 1.29 is 13.6 Å². The lowest BCUT2D eigenvalue weighted by molar-refractivity contribution is -0.118. The first-order chi connectivity index (χ1) is 7.13.